The molecule has 0 fully saturated rings. The van der Waals surface area contributed by atoms with E-state index in [-0.39, 0.29) is 5.82 Å². The smallest absolute Gasteiger partial charge is 0.274 e. The molecular formula is C10H6Cl2F2N2. The summed E-state index contributed by atoms with van der Waals surface area (Å²) in [4.78, 5) is 3.84. The fraction of sp³-hybridized carbons (Fsp3) is 0.100. The van der Waals surface area contributed by atoms with E-state index >= 15 is 0 Å². The fourth-order valence-corrected chi connectivity index (χ4v) is 1.94. The van der Waals surface area contributed by atoms with Crippen LogP contribution in [0.4, 0.5) is 8.78 Å². The largest absolute Gasteiger partial charge is 0.320 e. The maximum atomic E-state index is 12.6. The van der Waals surface area contributed by atoms with Gasteiger partial charge in [0.15, 0.2) is 0 Å². The van der Waals surface area contributed by atoms with Crippen LogP contribution in [0.3, 0.4) is 0 Å². The van der Waals surface area contributed by atoms with Crippen LogP contribution in [0.25, 0.3) is 11.4 Å². The monoisotopic (exact) mass is 262 g/mol. The minimum absolute atomic E-state index is 0.0607. The summed E-state index contributed by atoms with van der Waals surface area (Å²) in [7, 11) is 0. The molecule has 1 heterocycles. The number of alkyl halides is 2. The van der Waals surface area contributed by atoms with E-state index in [0.29, 0.717) is 20.2 Å². The molecule has 84 valence electrons. The quantitative estimate of drug-likeness (QED) is 0.791. The molecular weight excluding hydrogens is 257 g/mol. The molecule has 0 amide bonds. The molecule has 2 rings (SSSR count). The molecule has 16 heavy (non-hydrogen) atoms. The maximum Gasteiger partial charge on any atom is 0.320 e. The summed E-state index contributed by atoms with van der Waals surface area (Å²) in [6, 6.07) is 4.80. The van der Waals surface area contributed by atoms with Crippen LogP contribution in [0.2, 0.25) is 10.0 Å². The van der Waals surface area contributed by atoms with Gasteiger partial charge in [0.25, 0.3) is 0 Å². The number of nitrogens with zero attached hydrogens (tertiary/aromatic N) is 2. The topological polar surface area (TPSA) is 17.8 Å². The highest BCUT2D eigenvalue weighted by molar-refractivity contribution is 6.38. The predicted molar refractivity (Wildman–Crippen MR) is 58.9 cm³/mol. The van der Waals surface area contributed by atoms with Gasteiger partial charge in [-0.05, 0) is 12.1 Å². The van der Waals surface area contributed by atoms with Crippen molar-refractivity contribution in [3.8, 4) is 11.4 Å². The lowest BCUT2D eigenvalue weighted by atomic mass is 10.2. The van der Waals surface area contributed by atoms with Gasteiger partial charge in [0, 0.05) is 12.4 Å². The van der Waals surface area contributed by atoms with Gasteiger partial charge in [-0.2, -0.15) is 8.78 Å². The van der Waals surface area contributed by atoms with E-state index in [1.54, 1.807) is 18.2 Å². The van der Waals surface area contributed by atoms with Crippen molar-refractivity contribution >= 4 is 23.2 Å². The van der Waals surface area contributed by atoms with Crippen molar-refractivity contribution in [3.63, 3.8) is 0 Å². The van der Waals surface area contributed by atoms with Crippen LogP contribution in [0.1, 0.15) is 6.55 Å². The molecule has 0 aliphatic carbocycles. The highest BCUT2D eigenvalue weighted by Gasteiger charge is 2.17. The Morgan fingerprint density at radius 1 is 1.19 bits per heavy atom. The summed E-state index contributed by atoms with van der Waals surface area (Å²) in [5.74, 6) is 0.0607. The number of hydrogen-bond acceptors (Lipinski definition) is 1. The van der Waals surface area contributed by atoms with Crippen LogP contribution in [0, 0.1) is 0 Å². The first-order valence-corrected chi connectivity index (χ1v) is 5.12. The van der Waals surface area contributed by atoms with Crippen LogP contribution in [0.15, 0.2) is 30.6 Å². The van der Waals surface area contributed by atoms with E-state index in [0.717, 1.165) is 0 Å². The molecule has 0 aliphatic rings. The third-order valence-electron chi connectivity index (χ3n) is 2.07. The highest BCUT2D eigenvalue weighted by atomic mass is 35.5. The summed E-state index contributed by atoms with van der Waals surface area (Å²) < 4.78 is 26.0. The first-order valence-electron chi connectivity index (χ1n) is 4.36. The molecule has 0 spiro atoms. The average Bonchev–Trinajstić information content (AvgIpc) is 2.66. The van der Waals surface area contributed by atoms with Crippen molar-refractivity contribution in [2.75, 3.05) is 0 Å². The van der Waals surface area contributed by atoms with Gasteiger partial charge in [-0.25, -0.2) is 4.98 Å². The van der Waals surface area contributed by atoms with Crippen LogP contribution in [-0.4, -0.2) is 9.55 Å². The van der Waals surface area contributed by atoms with Gasteiger partial charge in [-0.15, -0.1) is 0 Å². The summed E-state index contributed by atoms with van der Waals surface area (Å²) in [5, 5.41) is 0.584. The molecule has 0 aliphatic heterocycles. The lowest BCUT2D eigenvalue weighted by Gasteiger charge is -2.09. The number of aromatic nitrogens is 2. The molecule has 6 heteroatoms. The molecule has 0 saturated heterocycles. The third-order valence-corrected chi connectivity index (χ3v) is 2.70. The van der Waals surface area contributed by atoms with Gasteiger partial charge in [0.2, 0.25) is 0 Å². The molecule has 0 bridgehead atoms. The Kier molecular flexibility index (Phi) is 3.12. The Balaban J connectivity index is 2.63. The molecule has 2 nitrogen and oxygen atoms in total. The molecule has 2 aromatic rings. The lowest BCUT2D eigenvalue weighted by Crippen LogP contribution is -2.00. The van der Waals surface area contributed by atoms with Gasteiger partial charge in [-0.1, -0.05) is 29.3 Å². The second-order valence-electron chi connectivity index (χ2n) is 3.03. The molecule has 0 radical (unpaired) electrons. The Labute approximate surface area is 100 Å². The number of imidazole rings is 1. The second-order valence-corrected chi connectivity index (χ2v) is 3.85. The zero-order valence-electron chi connectivity index (χ0n) is 7.87. The van der Waals surface area contributed by atoms with Crippen molar-refractivity contribution < 1.29 is 8.78 Å². The fourth-order valence-electron chi connectivity index (χ4n) is 1.38. The summed E-state index contributed by atoms with van der Waals surface area (Å²) >= 11 is 11.8. The number of rotatable bonds is 2. The van der Waals surface area contributed by atoms with E-state index in [2.05, 4.69) is 4.98 Å². The maximum absolute atomic E-state index is 12.6. The summed E-state index contributed by atoms with van der Waals surface area (Å²) in [6.07, 6.45) is 2.46. The molecule has 0 N–H and O–H groups in total. The molecule has 1 aromatic heterocycles. The number of benzene rings is 1. The zero-order valence-corrected chi connectivity index (χ0v) is 9.38. The minimum atomic E-state index is -2.68. The van der Waals surface area contributed by atoms with Crippen molar-refractivity contribution in [1.29, 1.82) is 0 Å². The number of halogens is 4. The van der Waals surface area contributed by atoms with Gasteiger partial charge in [0.05, 0.1) is 15.6 Å². The summed E-state index contributed by atoms with van der Waals surface area (Å²) in [6.45, 7) is -2.68. The molecule has 0 saturated carbocycles. The first-order chi connectivity index (χ1) is 7.61. The Hall–Kier alpha value is -1.13. The normalized spacial score (nSPS) is 11.1. The van der Waals surface area contributed by atoms with Crippen molar-refractivity contribution in [3.05, 3.63) is 40.6 Å². The van der Waals surface area contributed by atoms with Crippen molar-refractivity contribution in [1.82, 2.24) is 9.55 Å². The van der Waals surface area contributed by atoms with Gasteiger partial charge < -0.3 is 0 Å². The van der Waals surface area contributed by atoms with Crippen LogP contribution in [-0.2, 0) is 0 Å². The molecule has 0 unspecified atom stereocenters. The Bertz CT molecular complexity index is 491. The zero-order chi connectivity index (χ0) is 11.7. The van der Waals surface area contributed by atoms with E-state index in [4.69, 9.17) is 23.2 Å². The Morgan fingerprint density at radius 3 is 2.38 bits per heavy atom. The highest BCUT2D eigenvalue weighted by Crippen LogP contribution is 2.34. The van der Waals surface area contributed by atoms with Crippen molar-refractivity contribution in [2.45, 2.75) is 6.55 Å². The average molecular weight is 263 g/mol. The standard InChI is InChI=1S/C10H6Cl2F2N2/c11-6-2-1-3-7(12)8(6)9-15-4-5-16(9)10(13)14/h1-5,10H. The van der Waals surface area contributed by atoms with E-state index in [9.17, 15) is 8.78 Å². The Morgan fingerprint density at radius 2 is 1.81 bits per heavy atom. The van der Waals surface area contributed by atoms with Crippen LogP contribution < -0.4 is 0 Å². The van der Waals surface area contributed by atoms with E-state index in [1.165, 1.54) is 12.4 Å². The SMILES string of the molecule is FC(F)n1ccnc1-c1c(Cl)cccc1Cl. The third kappa shape index (κ3) is 1.90. The molecule has 0 atom stereocenters. The lowest BCUT2D eigenvalue weighted by molar-refractivity contribution is 0.0720. The second kappa shape index (κ2) is 4.39. The van der Waals surface area contributed by atoms with Crippen molar-refractivity contribution in [2.24, 2.45) is 0 Å². The van der Waals surface area contributed by atoms with Gasteiger partial charge >= 0.3 is 6.55 Å². The van der Waals surface area contributed by atoms with Crippen LogP contribution in [0.5, 0.6) is 0 Å². The minimum Gasteiger partial charge on any atom is -0.274 e. The number of hydrogen-bond donors (Lipinski definition) is 0. The first kappa shape index (κ1) is 11.4. The van der Waals surface area contributed by atoms with Crippen LogP contribution >= 0.6 is 23.2 Å². The van der Waals surface area contributed by atoms with Gasteiger partial charge in [-0.3, -0.25) is 4.57 Å². The molecule has 1 aromatic carbocycles. The van der Waals surface area contributed by atoms with E-state index in [1.807, 2.05) is 0 Å². The van der Waals surface area contributed by atoms with Gasteiger partial charge in [0.1, 0.15) is 5.82 Å². The summed E-state index contributed by atoms with van der Waals surface area (Å²) in [5.41, 5.74) is 0.316. The van der Waals surface area contributed by atoms with E-state index < -0.39 is 6.55 Å². The predicted octanol–water partition coefficient (Wildman–Crippen LogP) is 4.25.